The molecule has 3 N–H and O–H groups in total. The van der Waals surface area contributed by atoms with Crippen LogP contribution in [0.1, 0.15) is 104 Å². The third-order valence-electron chi connectivity index (χ3n) is 5.87. The van der Waals surface area contributed by atoms with Gasteiger partial charge in [0.1, 0.15) is 12.2 Å². The average molecular weight is 605 g/mol. The zero-order valence-corrected chi connectivity index (χ0v) is 25.9. The molecule has 10 nitrogen and oxygen atoms in total. The Morgan fingerprint density at radius 1 is 0.683 bits per heavy atom. The van der Waals surface area contributed by atoms with Crippen molar-refractivity contribution in [2.75, 3.05) is 26.4 Å². The summed E-state index contributed by atoms with van der Waals surface area (Å²) in [5, 5.41) is 18.8. The minimum Gasteiger partial charge on any atom is -0.457 e. The maximum absolute atomic E-state index is 12.1. The Hall–Kier alpha value is -1.81. The molecule has 0 rings (SSSR count). The zero-order valence-electron chi connectivity index (χ0n) is 25.0. The van der Waals surface area contributed by atoms with Crippen LogP contribution in [0.5, 0.6) is 0 Å². The molecule has 0 aromatic carbocycles. The van der Waals surface area contributed by atoms with Crippen molar-refractivity contribution in [2.45, 2.75) is 116 Å². The van der Waals surface area contributed by atoms with Crippen LogP contribution in [0.4, 0.5) is 0 Å². The summed E-state index contributed by atoms with van der Waals surface area (Å²) in [6.45, 7) is 1.81. The van der Waals surface area contributed by atoms with E-state index in [0.29, 0.717) is 12.8 Å². The lowest BCUT2D eigenvalue weighted by Gasteiger charge is -2.20. The Labute approximate surface area is 246 Å². The first-order valence-electron chi connectivity index (χ1n) is 14.9. The van der Waals surface area contributed by atoms with E-state index in [0.717, 1.165) is 64.2 Å². The number of phosphoric ester groups is 1. The first-order chi connectivity index (χ1) is 19.8. The Morgan fingerprint density at radius 2 is 1.15 bits per heavy atom. The van der Waals surface area contributed by atoms with Crippen LogP contribution in [-0.2, 0) is 32.7 Å². The number of carbonyl (C=O) groups excluding carboxylic acids is 2. The zero-order chi connectivity index (χ0) is 30.6. The summed E-state index contributed by atoms with van der Waals surface area (Å²) < 4.78 is 31.9. The predicted octanol–water partition coefficient (Wildman–Crippen LogP) is 6.10. The summed E-state index contributed by atoms with van der Waals surface area (Å²) in [7, 11) is -4.61. The Balaban J connectivity index is 4.03. The van der Waals surface area contributed by atoms with Gasteiger partial charge in [0.2, 0.25) is 0 Å². The van der Waals surface area contributed by atoms with E-state index in [9.17, 15) is 29.3 Å². The standard InChI is InChI=1S/C30H53O10P/c1-3-5-7-8-9-10-11-12-13-14-15-16-17-18-20-22-30(34)40-28(24-32)26-38-41(35,36)37-25-27(23-31)39-29(33)21-19-6-4-2/h5,7,9-10,12-13,27-28,31-32H,3-4,6,8,11,14-26H2,1-2H3,(H,35,36)/b7-5-,10-9-,13-12-. The van der Waals surface area contributed by atoms with Crippen LogP contribution in [0.2, 0.25) is 0 Å². The fourth-order valence-electron chi connectivity index (χ4n) is 3.54. The van der Waals surface area contributed by atoms with E-state index in [-0.39, 0.29) is 12.8 Å². The highest BCUT2D eigenvalue weighted by molar-refractivity contribution is 7.47. The van der Waals surface area contributed by atoms with Crippen molar-refractivity contribution in [3.05, 3.63) is 36.5 Å². The van der Waals surface area contributed by atoms with E-state index >= 15 is 0 Å². The molecule has 0 aliphatic rings. The quantitative estimate of drug-likeness (QED) is 0.0435. The van der Waals surface area contributed by atoms with Crippen LogP contribution in [0.15, 0.2) is 36.5 Å². The van der Waals surface area contributed by atoms with Gasteiger partial charge in [0.15, 0.2) is 0 Å². The number of hydrogen-bond donors (Lipinski definition) is 3. The molecule has 11 heteroatoms. The second kappa shape index (κ2) is 27.0. The molecule has 0 amide bonds. The maximum Gasteiger partial charge on any atom is 0.472 e. The number of esters is 2. The van der Waals surface area contributed by atoms with Crippen LogP contribution >= 0.6 is 7.82 Å². The lowest BCUT2D eigenvalue weighted by Crippen LogP contribution is -2.28. The molecule has 0 radical (unpaired) electrons. The molecule has 3 atom stereocenters. The van der Waals surface area contributed by atoms with Crippen LogP contribution < -0.4 is 0 Å². The lowest BCUT2D eigenvalue weighted by molar-refractivity contribution is -0.153. The average Bonchev–Trinajstić information content (AvgIpc) is 2.95. The summed E-state index contributed by atoms with van der Waals surface area (Å²) in [6, 6.07) is 0. The summed E-state index contributed by atoms with van der Waals surface area (Å²) in [5.74, 6) is -1.07. The molecule has 238 valence electrons. The van der Waals surface area contributed by atoms with Crippen LogP contribution in [0.3, 0.4) is 0 Å². The second-order valence-electron chi connectivity index (χ2n) is 9.71. The monoisotopic (exact) mass is 604 g/mol. The fourth-order valence-corrected chi connectivity index (χ4v) is 4.32. The summed E-state index contributed by atoms with van der Waals surface area (Å²) in [6.07, 6.45) is 22.3. The van der Waals surface area contributed by atoms with E-state index in [2.05, 4.69) is 43.4 Å². The van der Waals surface area contributed by atoms with Gasteiger partial charge in [0, 0.05) is 12.8 Å². The van der Waals surface area contributed by atoms with Crippen molar-refractivity contribution in [1.82, 2.24) is 0 Å². The van der Waals surface area contributed by atoms with Crippen LogP contribution in [0.25, 0.3) is 0 Å². The lowest BCUT2D eigenvalue weighted by atomic mass is 10.1. The summed E-state index contributed by atoms with van der Waals surface area (Å²) in [5.41, 5.74) is 0. The van der Waals surface area contributed by atoms with Crippen molar-refractivity contribution in [3.63, 3.8) is 0 Å². The summed E-state index contributed by atoms with van der Waals surface area (Å²) in [4.78, 5) is 33.7. The molecule has 41 heavy (non-hydrogen) atoms. The molecule has 0 fully saturated rings. The Kier molecular flexibility index (Phi) is 25.9. The number of carbonyl (C=O) groups is 2. The third-order valence-corrected chi connectivity index (χ3v) is 6.82. The van der Waals surface area contributed by atoms with Gasteiger partial charge >= 0.3 is 19.8 Å². The molecule has 3 unspecified atom stereocenters. The van der Waals surface area contributed by atoms with Crippen LogP contribution in [0, 0.1) is 0 Å². The van der Waals surface area contributed by atoms with E-state index < -0.39 is 58.4 Å². The molecule has 0 spiro atoms. The van der Waals surface area contributed by atoms with E-state index in [4.69, 9.17) is 18.5 Å². The fraction of sp³-hybridized carbons (Fsp3) is 0.733. The molecule has 0 aliphatic carbocycles. The highest BCUT2D eigenvalue weighted by Crippen LogP contribution is 2.43. The third kappa shape index (κ3) is 25.6. The smallest absolute Gasteiger partial charge is 0.457 e. The second-order valence-corrected chi connectivity index (χ2v) is 11.2. The number of rotatable bonds is 27. The molecule has 0 heterocycles. The van der Waals surface area contributed by atoms with Gasteiger partial charge in [-0.15, -0.1) is 0 Å². The van der Waals surface area contributed by atoms with Crippen molar-refractivity contribution in [1.29, 1.82) is 0 Å². The highest BCUT2D eigenvalue weighted by atomic mass is 31.2. The van der Waals surface area contributed by atoms with Gasteiger partial charge in [-0.1, -0.05) is 82.4 Å². The number of hydrogen-bond acceptors (Lipinski definition) is 9. The normalized spacial score (nSPS) is 15.0. The number of aliphatic hydroxyl groups is 2. The number of unbranched alkanes of at least 4 members (excludes halogenated alkanes) is 7. The van der Waals surface area contributed by atoms with Crippen molar-refractivity contribution < 1.29 is 47.8 Å². The van der Waals surface area contributed by atoms with E-state index in [1.807, 2.05) is 6.92 Å². The van der Waals surface area contributed by atoms with Gasteiger partial charge in [0.05, 0.1) is 26.4 Å². The van der Waals surface area contributed by atoms with Crippen molar-refractivity contribution >= 4 is 19.8 Å². The largest absolute Gasteiger partial charge is 0.472 e. The van der Waals surface area contributed by atoms with Gasteiger partial charge in [-0.25, -0.2) is 4.57 Å². The van der Waals surface area contributed by atoms with Gasteiger partial charge in [-0.3, -0.25) is 18.6 Å². The molecule has 0 bridgehead atoms. The number of ether oxygens (including phenoxy) is 2. The van der Waals surface area contributed by atoms with Crippen molar-refractivity contribution in [2.24, 2.45) is 0 Å². The first kappa shape index (κ1) is 39.2. The maximum atomic E-state index is 12.1. The predicted molar refractivity (Wildman–Crippen MR) is 159 cm³/mol. The van der Waals surface area contributed by atoms with Crippen LogP contribution in [-0.4, -0.2) is 65.7 Å². The van der Waals surface area contributed by atoms with Gasteiger partial charge in [-0.05, 0) is 44.9 Å². The molecule has 0 saturated heterocycles. The van der Waals surface area contributed by atoms with Gasteiger partial charge < -0.3 is 24.6 Å². The molecule has 0 aromatic rings. The molecule has 0 saturated carbocycles. The number of phosphoric acid groups is 1. The minimum absolute atomic E-state index is 0.172. The molecular weight excluding hydrogens is 551 g/mol. The molecule has 0 aromatic heterocycles. The SMILES string of the molecule is CC/C=C\C/C=C\C/C=C\CCCCCCCC(=O)OC(CO)COP(=O)(O)OCC(CO)OC(=O)CCCCC. The van der Waals surface area contributed by atoms with E-state index in [1.165, 1.54) is 0 Å². The minimum atomic E-state index is -4.61. The van der Waals surface area contributed by atoms with Gasteiger partial charge in [0.25, 0.3) is 0 Å². The number of allylic oxidation sites excluding steroid dienone is 6. The Morgan fingerprint density at radius 3 is 1.66 bits per heavy atom. The first-order valence-corrected chi connectivity index (χ1v) is 16.4. The van der Waals surface area contributed by atoms with Crippen molar-refractivity contribution in [3.8, 4) is 0 Å². The molecule has 0 aliphatic heterocycles. The summed E-state index contributed by atoms with van der Waals surface area (Å²) >= 11 is 0. The van der Waals surface area contributed by atoms with E-state index in [1.54, 1.807) is 0 Å². The number of aliphatic hydroxyl groups excluding tert-OH is 2. The molecular formula is C30H53O10P. The topological polar surface area (TPSA) is 149 Å². The highest BCUT2D eigenvalue weighted by Gasteiger charge is 2.27. The van der Waals surface area contributed by atoms with Gasteiger partial charge in [-0.2, -0.15) is 0 Å². The Bertz CT molecular complexity index is 796.